The number of methoxy groups -OCH3 is 1. The molecule has 1 saturated heterocycles. The number of hydrogen-bond acceptors (Lipinski definition) is 3. The van der Waals surface area contributed by atoms with Crippen molar-refractivity contribution in [2.75, 3.05) is 20.3 Å². The minimum absolute atomic E-state index is 0.0379. The van der Waals surface area contributed by atoms with Crippen LogP contribution in [0.3, 0.4) is 0 Å². The number of ether oxygens (including phenoxy) is 1. The molecule has 0 bridgehead atoms. The van der Waals surface area contributed by atoms with Crippen LogP contribution >= 0.6 is 0 Å². The standard InChI is InChI=1S/C8H13NO4/c1-13-5-7(10)9-4-2-3-6(9)8(11)12/h6H,2-5H2,1H3,(H,11,12). The van der Waals surface area contributed by atoms with Gasteiger partial charge in [0.25, 0.3) is 0 Å². The second kappa shape index (κ2) is 4.23. The van der Waals surface area contributed by atoms with Crippen molar-refractivity contribution in [3.8, 4) is 0 Å². The molecule has 1 heterocycles. The van der Waals surface area contributed by atoms with E-state index in [1.807, 2.05) is 0 Å². The summed E-state index contributed by atoms with van der Waals surface area (Å²) in [5.74, 6) is -1.17. The molecule has 1 aliphatic heterocycles. The molecule has 1 fully saturated rings. The van der Waals surface area contributed by atoms with E-state index < -0.39 is 12.0 Å². The Morgan fingerprint density at radius 1 is 1.62 bits per heavy atom. The molecule has 0 radical (unpaired) electrons. The highest BCUT2D eigenvalue weighted by Crippen LogP contribution is 2.17. The van der Waals surface area contributed by atoms with Crippen LogP contribution in [0.1, 0.15) is 12.8 Å². The third kappa shape index (κ3) is 2.18. The van der Waals surface area contributed by atoms with Gasteiger partial charge in [-0.05, 0) is 12.8 Å². The van der Waals surface area contributed by atoms with Crippen molar-refractivity contribution in [2.24, 2.45) is 0 Å². The van der Waals surface area contributed by atoms with Gasteiger partial charge in [0.1, 0.15) is 12.6 Å². The van der Waals surface area contributed by atoms with Gasteiger partial charge in [-0.3, -0.25) is 4.79 Å². The molecule has 1 rings (SSSR count). The number of carbonyl (C=O) groups excluding carboxylic acids is 1. The number of nitrogens with zero attached hydrogens (tertiary/aromatic N) is 1. The van der Waals surface area contributed by atoms with Crippen LogP contribution in [0.2, 0.25) is 0 Å². The monoisotopic (exact) mass is 187 g/mol. The second-order valence-electron chi connectivity index (χ2n) is 3.02. The van der Waals surface area contributed by atoms with Gasteiger partial charge < -0.3 is 14.7 Å². The summed E-state index contributed by atoms with van der Waals surface area (Å²) in [7, 11) is 1.42. The van der Waals surface area contributed by atoms with E-state index >= 15 is 0 Å². The van der Waals surface area contributed by atoms with Crippen LogP contribution in [0.5, 0.6) is 0 Å². The number of rotatable bonds is 3. The molecule has 5 heteroatoms. The number of carboxylic acid groups (broad SMARTS) is 1. The molecule has 1 N–H and O–H groups in total. The van der Waals surface area contributed by atoms with Crippen molar-refractivity contribution in [1.82, 2.24) is 4.90 Å². The summed E-state index contributed by atoms with van der Waals surface area (Å²) in [5, 5.41) is 8.77. The summed E-state index contributed by atoms with van der Waals surface area (Å²) >= 11 is 0. The first-order valence-electron chi connectivity index (χ1n) is 4.18. The number of carbonyl (C=O) groups is 2. The molecule has 0 aromatic rings. The maximum absolute atomic E-state index is 11.3. The Kier molecular flexibility index (Phi) is 3.25. The van der Waals surface area contributed by atoms with Gasteiger partial charge in [0.2, 0.25) is 5.91 Å². The van der Waals surface area contributed by atoms with E-state index in [4.69, 9.17) is 5.11 Å². The molecule has 1 unspecified atom stereocenters. The van der Waals surface area contributed by atoms with E-state index in [-0.39, 0.29) is 12.5 Å². The molecule has 1 atom stereocenters. The number of amides is 1. The minimum Gasteiger partial charge on any atom is -0.480 e. The maximum atomic E-state index is 11.3. The number of likely N-dealkylation sites (tertiary alicyclic amines) is 1. The molecule has 74 valence electrons. The van der Waals surface area contributed by atoms with E-state index in [1.54, 1.807) is 0 Å². The zero-order chi connectivity index (χ0) is 9.84. The fraction of sp³-hybridized carbons (Fsp3) is 0.750. The van der Waals surface area contributed by atoms with Crippen LogP contribution in [0.25, 0.3) is 0 Å². The lowest BCUT2D eigenvalue weighted by atomic mass is 10.2. The summed E-state index contributed by atoms with van der Waals surface area (Å²) in [6.45, 7) is 0.489. The Morgan fingerprint density at radius 2 is 2.31 bits per heavy atom. The molecule has 1 amide bonds. The molecule has 0 spiro atoms. The van der Waals surface area contributed by atoms with Gasteiger partial charge in [-0.1, -0.05) is 0 Å². The van der Waals surface area contributed by atoms with E-state index in [9.17, 15) is 9.59 Å². The summed E-state index contributed by atoms with van der Waals surface area (Å²) in [5.41, 5.74) is 0. The fourth-order valence-corrected chi connectivity index (χ4v) is 1.53. The van der Waals surface area contributed by atoms with Crippen molar-refractivity contribution in [1.29, 1.82) is 0 Å². The Morgan fingerprint density at radius 3 is 2.85 bits per heavy atom. The lowest BCUT2D eigenvalue weighted by molar-refractivity contribution is -0.149. The van der Waals surface area contributed by atoms with Gasteiger partial charge in [0, 0.05) is 13.7 Å². The Bertz CT molecular complexity index is 216. The maximum Gasteiger partial charge on any atom is 0.326 e. The molecule has 0 saturated carbocycles. The van der Waals surface area contributed by atoms with Crippen molar-refractivity contribution in [2.45, 2.75) is 18.9 Å². The van der Waals surface area contributed by atoms with Gasteiger partial charge in [-0.2, -0.15) is 0 Å². The largest absolute Gasteiger partial charge is 0.480 e. The van der Waals surface area contributed by atoms with Crippen LogP contribution in [0, 0.1) is 0 Å². The van der Waals surface area contributed by atoms with Crippen molar-refractivity contribution < 1.29 is 19.4 Å². The van der Waals surface area contributed by atoms with Crippen molar-refractivity contribution >= 4 is 11.9 Å². The predicted molar refractivity (Wildman–Crippen MR) is 44.2 cm³/mol. The fourth-order valence-electron chi connectivity index (χ4n) is 1.53. The second-order valence-corrected chi connectivity index (χ2v) is 3.02. The van der Waals surface area contributed by atoms with Crippen LogP contribution in [-0.4, -0.2) is 48.2 Å². The smallest absolute Gasteiger partial charge is 0.326 e. The summed E-state index contributed by atoms with van der Waals surface area (Å²) < 4.78 is 4.66. The predicted octanol–water partition coefficient (Wildman–Crippen LogP) is -0.292. The lowest BCUT2D eigenvalue weighted by Gasteiger charge is -2.20. The highest BCUT2D eigenvalue weighted by Gasteiger charge is 2.33. The number of hydrogen-bond donors (Lipinski definition) is 1. The zero-order valence-corrected chi connectivity index (χ0v) is 7.52. The van der Waals surface area contributed by atoms with Gasteiger partial charge in [0.15, 0.2) is 0 Å². The van der Waals surface area contributed by atoms with E-state index in [0.717, 1.165) is 6.42 Å². The van der Waals surface area contributed by atoms with Gasteiger partial charge in [-0.25, -0.2) is 4.79 Å². The summed E-state index contributed by atoms with van der Waals surface area (Å²) in [4.78, 5) is 23.4. The quantitative estimate of drug-likeness (QED) is 0.659. The molecule has 13 heavy (non-hydrogen) atoms. The highest BCUT2D eigenvalue weighted by atomic mass is 16.5. The van der Waals surface area contributed by atoms with Gasteiger partial charge >= 0.3 is 5.97 Å². The first-order valence-corrected chi connectivity index (χ1v) is 4.18. The SMILES string of the molecule is COCC(=O)N1CCCC1C(=O)O. The normalized spacial score (nSPS) is 21.9. The summed E-state index contributed by atoms with van der Waals surface area (Å²) in [6.07, 6.45) is 1.30. The van der Waals surface area contributed by atoms with E-state index in [2.05, 4.69) is 4.74 Å². The van der Waals surface area contributed by atoms with Crippen LogP contribution in [-0.2, 0) is 14.3 Å². The lowest BCUT2D eigenvalue weighted by Crippen LogP contribution is -2.42. The molecular weight excluding hydrogens is 174 g/mol. The Labute approximate surface area is 76.3 Å². The van der Waals surface area contributed by atoms with Crippen molar-refractivity contribution in [3.63, 3.8) is 0 Å². The zero-order valence-electron chi connectivity index (χ0n) is 7.52. The van der Waals surface area contributed by atoms with Crippen molar-refractivity contribution in [3.05, 3.63) is 0 Å². The topological polar surface area (TPSA) is 66.8 Å². The number of aliphatic carboxylic acids is 1. The number of carboxylic acids is 1. The van der Waals surface area contributed by atoms with E-state index in [1.165, 1.54) is 12.0 Å². The first-order chi connectivity index (χ1) is 6.16. The Hall–Kier alpha value is -1.10. The molecule has 0 aromatic carbocycles. The third-order valence-corrected chi connectivity index (χ3v) is 2.13. The summed E-state index contributed by atoms with van der Waals surface area (Å²) in [6, 6.07) is -0.650. The Balaban J connectivity index is 2.57. The molecular formula is C8H13NO4. The highest BCUT2D eigenvalue weighted by molar-refractivity contribution is 5.84. The molecule has 0 aromatic heterocycles. The van der Waals surface area contributed by atoms with Gasteiger partial charge in [0.05, 0.1) is 0 Å². The molecule has 1 aliphatic rings. The van der Waals surface area contributed by atoms with Crippen LogP contribution in [0.15, 0.2) is 0 Å². The average molecular weight is 187 g/mol. The van der Waals surface area contributed by atoms with Crippen LogP contribution in [0.4, 0.5) is 0 Å². The first kappa shape index (κ1) is 9.98. The molecule has 0 aliphatic carbocycles. The third-order valence-electron chi connectivity index (χ3n) is 2.13. The van der Waals surface area contributed by atoms with E-state index in [0.29, 0.717) is 13.0 Å². The van der Waals surface area contributed by atoms with Crippen LogP contribution < -0.4 is 0 Å². The van der Waals surface area contributed by atoms with Gasteiger partial charge in [-0.15, -0.1) is 0 Å². The molecule has 5 nitrogen and oxygen atoms in total. The minimum atomic E-state index is -0.929. The average Bonchev–Trinajstić information content (AvgIpc) is 2.52.